The summed E-state index contributed by atoms with van der Waals surface area (Å²) in [6.07, 6.45) is 4.65. The van der Waals surface area contributed by atoms with Crippen molar-refractivity contribution < 1.29 is 14.3 Å². The second-order valence-corrected chi connectivity index (χ2v) is 7.89. The molecule has 0 bridgehead atoms. The molecule has 1 unspecified atom stereocenters. The van der Waals surface area contributed by atoms with Gasteiger partial charge in [-0.05, 0) is 37.5 Å². The predicted molar refractivity (Wildman–Crippen MR) is 87.5 cm³/mol. The number of amides is 1. The zero-order valence-electron chi connectivity index (χ0n) is 15.0. The Morgan fingerprint density at radius 3 is 2.36 bits per heavy atom. The first kappa shape index (κ1) is 17.7. The van der Waals surface area contributed by atoms with Crippen molar-refractivity contribution in [2.75, 3.05) is 19.7 Å². The molecule has 4 nitrogen and oxygen atoms in total. The van der Waals surface area contributed by atoms with E-state index in [9.17, 15) is 4.79 Å². The summed E-state index contributed by atoms with van der Waals surface area (Å²) in [6.45, 7) is 13.0. The van der Waals surface area contributed by atoms with Crippen molar-refractivity contribution in [3.05, 3.63) is 0 Å². The van der Waals surface area contributed by atoms with Crippen LogP contribution < -0.4 is 0 Å². The second kappa shape index (κ2) is 6.88. The summed E-state index contributed by atoms with van der Waals surface area (Å²) in [7, 11) is 0. The molecule has 0 aromatic carbocycles. The number of carbonyl (C=O) groups excluding carboxylic acids is 1. The first-order chi connectivity index (χ1) is 10.3. The minimum atomic E-state index is -0.492. The first-order valence-electron chi connectivity index (χ1n) is 8.92. The maximum Gasteiger partial charge on any atom is 0.254 e. The fourth-order valence-corrected chi connectivity index (χ4v) is 3.76. The van der Waals surface area contributed by atoms with Crippen LogP contribution in [-0.2, 0) is 14.3 Å². The molecule has 128 valence electrons. The van der Waals surface area contributed by atoms with Crippen LogP contribution >= 0.6 is 0 Å². The van der Waals surface area contributed by atoms with E-state index in [-0.39, 0.29) is 5.91 Å². The van der Waals surface area contributed by atoms with Crippen LogP contribution in [0, 0.1) is 11.3 Å². The lowest BCUT2D eigenvalue weighted by molar-refractivity contribution is -0.200. The summed E-state index contributed by atoms with van der Waals surface area (Å²) >= 11 is 0. The van der Waals surface area contributed by atoms with Crippen molar-refractivity contribution in [1.82, 2.24) is 4.90 Å². The molecule has 2 rings (SSSR count). The third-order valence-corrected chi connectivity index (χ3v) is 5.29. The van der Waals surface area contributed by atoms with Gasteiger partial charge in [0.05, 0.1) is 6.61 Å². The highest BCUT2D eigenvalue weighted by molar-refractivity contribution is 5.81. The zero-order chi connectivity index (χ0) is 16.4. The van der Waals surface area contributed by atoms with Gasteiger partial charge in [0.15, 0.2) is 11.9 Å². The van der Waals surface area contributed by atoms with E-state index in [1.165, 1.54) is 0 Å². The Hall–Kier alpha value is -0.610. The molecule has 0 aromatic heterocycles. The molecule has 1 amide bonds. The van der Waals surface area contributed by atoms with Crippen molar-refractivity contribution in [1.29, 1.82) is 0 Å². The largest absolute Gasteiger partial charge is 0.347 e. The number of hydrogen-bond donors (Lipinski definition) is 0. The summed E-state index contributed by atoms with van der Waals surface area (Å²) in [6, 6.07) is 0. The average molecular weight is 311 g/mol. The van der Waals surface area contributed by atoms with Crippen LogP contribution in [0.2, 0.25) is 0 Å². The zero-order valence-corrected chi connectivity index (χ0v) is 15.0. The number of ether oxygens (including phenoxy) is 2. The van der Waals surface area contributed by atoms with E-state index >= 15 is 0 Å². The molecule has 2 fully saturated rings. The molecule has 4 heteroatoms. The van der Waals surface area contributed by atoms with Gasteiger partial charge in [0.2, 0.25) is 0 Å². The topological polar surface area (TPSA) is 38.8 Å². The van der Waals surface area contributed by atoms with Gasteiger partial charge in [-0.1, -0.05) is 27.7 Å². The molecule has 1 aliphatic heterocycles. The summed E-state index contributed by atoms with van der Waals surface area (Å²) in [5.74, 6) is 0.319. The lowest BCUT2D eigenvalue weighted by Crippen LogP contribution is -2.43. The van der Waals surface area contributed by atoms with Crippen LogP contribution in [-0.4, -0.2) is 42.4 Å². The molecule has 0 radical (unpaired) electrons. The second-order valence-electron chi connectivity index (χ2n) is 7.89. The molecule has 1 saturated heterocycles. The van der Waals surface area contributed by atoms with Crippen molar-refractivity contribution in [3.63, 3.8) is 0 Å². The smallest absolute Gasteiger partial charge is 0.254 e. The van der Waals surface area contributed by atoms with Crippen molar-refractivity contribution in [3.8, 4) is 0 Å². The van der Waals surface area contributed by atoms with Gasteiger partial charge in [-0.3, -0.25) is 4.79 Å². The van der Waals surface area contributed by atoms with E-state index in [1.807, 2.05) is 11.8 Å². The monoisotopic (exact) mass is 311 g/mol. The number of carbonyl (C=O) groups is 1. The van der Waals surface area contributed by atoms with Crippen molar-refractivity contribution >= 4 is 5.91 Å². The van der Waals surface area contributed by atoms with Gasteiger partial charge in [-0.15, -0.1) is 0 Å². The maximum absolute atomic E-state index is 12.5. The maximum atomic E-state index is 12.5. The van der Waals surface area contributed by atoms with Crippen LogP contribution in [0.5, 0.6) is 0 Å². The highest BCUT2D eigenvalue weighted by atomic mass is 16.7. The third kappa shape index (κ3) is 3.83. The van der Waals surface area contributed by atoms with Crippen LogP contribution in [0.4, 0.5) is 0 Å². The lowest BCUT2D eigenvalue weighted by atomic mass is 9.71. The van der Waals surface area contributed by atoms with Gasteiger partial charge in [0.1, 0.15) is 0 Å². The van der Waals surface area contributed by atoms with Crippen LogP contribution in [0.25, 0.3) is 0 Å². The predicted octanol–water partition coefficient (Wildman–Crippen LogP) is 3.59. The molecule has 22 heavy (non-hydrogen) atoms. The Kier molecular flexibility index (Phi) is 5.54. The Labute approximate surface area is 135 Å². The van der Waals surface area contributed by atoms with Crippen molar-refractivity contribution in [2.24, 2.45) is 11.3 Å². The molecule has 1 saturated carbocycles. The Morgan fingerprint density at radius 2 is 1.86 bits per heavy atom. The standard InChI is InChI=1S/C18H33NO3/c1-6-12-19(7-2)16(20)15-13-21-18(22-15)10-8-14(9-11-18)17(3,4)5/h14-15H,6-13H2,1-5H3. The molecule has 1 spiro atoms. The van der Waals surface area contributed by atoms with Gasteiger partial charge < -0.3 is 14.4 Å². The van der Waals surface area contributed by atoms with E-state index in [0.717, 1.165) is 45.2 Å². The van der Waals surface area contributed by atoms with E-state index in [0.29, 0.717) is 17.9 Å². The van der Waals surface area contributed by atoms with Gasteiger partial charge in [-0.25, -0.2) is 0 Å². The van der Waals surface area contributed by atoms with Crippen LogP contribution in [0.15, 0.2) is 0 Å². The molecule has 1 heterocycles. The highest BCUT2D eigenvalue weighted by Crippen LogP contribution is 2.45. The summed E-state index contributed by atoms with van der Waals surface area (Å²) in [5, 5.41) is 0. The number of hydrogen-bond acceptors (Lipinski definition) is 3. The third-order valence-electron chi connectivity index (χ3n) is 5.29. The highest BCUT2D eigenvalue weighted by Gasteiger charge is 2.48. The van der Waals surface area contributed by atoms with E-state index in [2.05, 4.69) is 27.7 Å². The summed E-state index contributed by atoms with van der Waals surface area (Å²) < 4.78 is 12.1. The van der Waals surface area contributed by atoms with Gasteiger partial charge >= 0.3 is 0 Å². The van der Waals surface area contributed by atoms with Gasteiger partial charge in [0.25, 0.3) is 5.91 Å². The molecular formula is C18H33NO3. The Balaban J connectivity index is 1.91. The van der Waals surface area contributed by atoms with E-state index in [4.69, 9.17) is 9.47 Å². The lowest BCUT2D eigenvalue weighted by Gasteiger charge is -2.41. The fraction of sp³-hybridized carbons (Fsp3) is 0.944. The molecule has 1 aliphatic carbocycles. The molecule has 0 aromatic rings. The summed E-state index contributed by atoms with van der Waals surface area (Å²) in [4.78, 5) is 14.4. The molecule has 2 aliphatic rings. The summed E-state index contributed by atoms with van der Waals surface area (Å²) in [5.41, 5.74) is 0.343. The first-order valence-corrected chi connectivity index (χ1v) is 8.92. The number of nitrogens with zero attached hydrogens (tertiary/aromatic N) is 1. The quantitative estimate of drug-likeness (QED) is 0.796. The minimum absolute atomic E-state index is 0.0965. The molecule has 1 atom stereocenters. The van der Waals surface area contributed by atoms with Crippen LogP contribution in [0.1, 0.15) is 66.7 Å². The normalized spacial score (nSPS) is 32.4. The Morgan fingerprint density at radius 1 is 1.23 bits per heavy atom. The fourth-order valence-electron chi connectivity index (χ4n) is 3.76. The van der Waals surface area contributed by atoms with Crippen molar-refractivity contribution in [2.45, 2.75) is 78.6 Å². The minimum Gasteiger partial charge on any atom is -0.347 e. The molecular weight excluding hydrogens is 278 g/mol. The molecule has 0 N–H and O–H groups in total. The van der Waals surface area contributed by atoms with Gasteiger partial charge in [-0.2, -0.15) is 0 Å². The number of likely N-dealkylation sites (N-methyl/N-ethyl adjacent to an activating group) is 1. The van der Waals surface area contributed by atoms with Gasteiger partial charge in [0, 0.05) is 25.9 Å². The van der Waals surface area contributed by atoms with E-state index < -0.39 is 11.9 Å². The number of rotatable bonds is 4. The van der Waals surface area contributed by atoms with Crippen LogP contribution in [0.3, 0.4) is 0 Å². The Bertz CT molecular complexity index is 380. The SMILES string of the molecule is CCCN(CC)C(=O)C1COC2(CCC(C(C)(C)C)CC2)O1. The average Bonchev–Trinajstić information content (AvgIpc) is 2.87. The van der Waals surface area contributed by atoms with E-state index in [1.54, 1.807) is 0 Å².